The Labute approximate surface area is 138 Å². The van der Waals surface area contributed by atoms with Gasteiger partial charge in [0.25, 0.3) is 0 Å². The van der Waals surface area contributed by atoms with E-state index in [0.717, 1.165) is 5.56 Å². The van der Waals surface area contributed by atoms with E-state index in [1.165, 1.54) is 5.56 Å². The van der Waals surface area contributed by atoms with Crippen LogP contribution in [0.2, 0.25) is 0 Å². The monoisotopic (exact) mass is 320 g/mol. The SMILES string of the molecule is COC[C@@H]1CN(C(=O)C(N)Cc2cccc(C)c2)C[C@@H]1COC. The third-order valence-corrected chi connectivity index (χ3v) is 4.50. The van der Waals surface area contributed by atoms with Gasteiger partial charge in [-0.3, -0.25) is 4.79 Å². The Kier molecular flexibility index (Phi) is 6.57. The summed E-state index contributed by atoms with van der Waals surface area (Å²) in [5.41, 5.74) is 8.45. The lowest BCUT2D eigenvalue weighted by molar-refractivity contribution is -0.131. The van der Waals surface area contributed by atoms with E-state index in [4.69, 9.17) is 15.2 Å². The molecular weight excluding hydrogens is 292 g/mol. The molecule has 5 heteroatoms. The fraction of sp³-hybridized carbons (Fsp3) is 0.611. The van der Waals surface area contributed by atoms with Gasteiger partial charge in [-0.05, 0) is 18.9 Å². The third kappa shape index (κ3) is 4.77. The molecule has 1 aliphatic rings. The molecule has 0 aliphatic carbocycles. The van der Waals surface area contributed by atoms with E-state index < -0.39 is 6.04 Å². The van der Waals surface area contributed by atoms with Crippen LogP contribution in [0.5, 0.6) is 0 Å². The lowest BCUT2D eigenvalue weighted by Crippen LogP contribution is -2.44. The lowest BCUT2D eigenvalue weighted by Gasteiger charge is -2.21. The highest BCUT2D eigenvalue weighted by Crippen LogP contribution is 2.25. The number of hydrogen-bond donors (Lipinski definition) is 1. The van der Waals surface area contributed by atoms with Crippen LogP contribution in [0.15, 0.2) is 24.3 Å². The van der Waals surface area contributed by atoms with Crippen LogP contribution in [-0.2, 0) is 20.7 Å². The smallest absolute Gasteiger partial charge is 0.239 e. The molecule has 128 valence electrons. The number of benzene rings is 1. The van der Waals surface area contributed by atoms with E-state index >= 15 is 0 Å². The molecule has 1 heterocycles. The standard InChI is InChI=1S/C18H28N2O3/c1-13-5-4-6-14(7-13)8-17(19)18(21)20-9-15(11-22-2)16(10-20)12-23-3/h4-7,15-17H,8-12,19H2,1-3H3/t15-,16+,17?. The number of aryl methyl sites for hydroxylation is 1. The molecule has 0 aromatic heterocycles. The zero-order valence-corrected chi connectivity index (χ0v) is 14.3. The Hall–Kier alpha value is -1.43. The van der Waals surface area contributed by atoms with E-state index in [0.29, 0.717) is 44.6 Å². The summed E-state index contributed by atoms with van der Waals surface area (Å²) in [6.45, 7) is 4.72. The molecule has 1 aliphatic heterocycles. The van der Waals surface area contributed by atoms with Crippen molar-refractivity contribution in [3.63, 3.8) is 0 Å². The van der Waals surface area contributed by atoms with Gasteiger partial charge in [-0.2, -0.15) is 0 Å². The fourth-order valence-corrected chi connectivity index (χ4v) is 3.34. The van der Waals surface area contributed by atoms with Crippen LogP contribution in [0.3, 0.4) is 0 Å². The van der Waals surface area contributed by atoms with Crippen LogP contribution in [0.25, 0.3) is 0 Å². The lowest BCUT2D eigenvalue weighted by atomic mass is 9.98. The van der Waals surface area contributed by atoms with Gasteiger partial charge in [0.05, 0.1) is 19.3 Å². The Morgan fingerprint density at radius 2 is 1.87 bits per heavy atom. The summed E-state index contributed by atoms with van der Waals surface area (Å²) in [5.74, 6) is 0.649. The van der Waals surface area contributed by atoms with Gasteiger partial charge >= 0.3 is 0 Å². The number of methoxy groups -OCH3 is 2. The van der Waals surface area contributed by atoms with Crippen molar-refractivity contribution < 1.29 is 14.3 Å². The summed E-state index contributed by atoms with van der Waals surface area (Å²) >= 11 is 0. The van der Waals surface area contributed by atoms with Crippen LogP contribution in [-0.4, -0.2) is 57.4 Å². The van der Waals surface area contributed by atoms with E-state index in [1.54, 1.807) is 14.2 Å². The van der Waals surface area contributed by atoms with Gasteiger partial charge in [0.15, 0.2) is 0 Å². The number of likely N-dealkylation sites (tertiary alicyclic amines) is 1. The predicted octanol–water partition coefficient (Wildman–Crippen LogP) is 1.23. The summed E-state index contributed by atoms with van der Waals surface area (Å²) in [6.07, 6.45) is 0.570. The van der Waals surface area contributed by atoms with Crippen molar-refractivity contribution in [3.05, 3.63) is 35.4 Å². The number of nitrogens with zero attached hydrogens (tertiary/aromatic N) is 1. The molecule has 1 saturated heterocycles. The van der Waals surface area contributed by atoms with Crippen LogP contribution < -0.4 is 5.73 Å². The molecule has 0 saturated carbocycles. The van der Waals surface area contributed by atoms with Crippen molar-refractivity contribution in [1.82, 2.24) is 4.90 Å². The second-order valence-corrected chi connectivity index (χ2v) is 6.47. The normalized spacial score (nSPS) is 22.3. The molecule has 23 heavy (non-hydrogen) atoms. The zero-order chi connectivity index (χ0) is 16.8. The highest BCUT2D eigenvalue weighted by atomic mass is 16.5. The van der Waals surface area contributed by atoms with E-state index in [1.807, 2.05) is 30.0 Å². The van der Waals surface area contributed by atoms with Gasteiger partial charge in [0.2, 0.25) is 5.91 Å². The maximum Gasteiger partial charge on any atom is 0.239 e. The van der Waals surface area contributed by atoms with E-state index in [-0.39, 0.29) is 5.91 Å². The van der Waals surface area contributed by atoms with Gasteiger partial charge in [-0.15, -0.1) is 0 Å². The summed E-state index contributed by atoms with van der Waals surface area (Å²) < 4.78 is 10.5. The van der Waals surface area contributed by atoms with E-state index in [2.05, 4.69) is 6.07 Å². The highest BCUT2D eigenvalue weighted by Gasteiger charge is 2.36. The first-order valence-corrected chi connectivity index (χ1v) is 8.13. The molecular formula is C18H28N2O3. The molecule has 1 aromatic carbocycles. The Bertz CT molecular complexity index is 507. The predicted molar refractivity (Wildman–Crippen MR) is 90.2 cm³/mol. The van der Waals surface area contributed by atoms with Gasteiger partial charge in [0, 0.05) is 39.1 Å². The molecule has 5 nitrogen and oxygen atoms in total. The average Bonchev–Trinajstić information content (AvgIpc) is 2.90. The number of carbonyl (C=O) groups excluding carboxylic acids is 1. The number of carbonyl (C=O) groups is 1. The van der Waals surface area contributed by atoms with Crippen LogP contribution in [0.1, 0.15) is 11.1 Å². The van der Waals surface area contributed by atoms with Crippen molar-refractivity contribution in [1.29, 1.82) is 0 Å². The van der Waals surface area contributed by atoms with Crippen LogP contribution >= 0.6 is 0 Å². The summed E-state index contributed by atoms with van der Waals surface area (Å²) in [5, 5.41) is 0. The van der Waals surface area contributed by atoms with Crippen LogP contribution in [0.4, 0.5) is 0 Å². The van der Waals surface area contributed by atoms with Gasteiger partial charge in [-0.1, -0.05) is 29.8 Å². The maximum absolute atomic E-state index is 12.7. The number of hydrogen-bond acceptors (Lipinski definition) is 4. The average molecular weight is 320 g/mol. The largest absolute Gasteiger partial charge is 0.384 e. The van der Waals surface area contributed by atoms with Crippen LogP contribution in [0, 0.1) is 18.8 Å². The van der Waals surface area contributed by atoms with E-state index in [9.17, 15) is 4.79 Å². The molecule has 1 aromatic rings. The minimum atomic E-state index is -0.499. The van der Waals surface area contributed by atoms with Crippen molar-refractivity contribution in [2.45, 2.75) is 19.4 Å². The Morgan fingerprint density at radius 1 is 1.26 bits per heavy atom. The van der Waals surface area contributed by atoms with Crippen molar-refractivity contribution in [3.8, 4) is 0 Å². The molecule has 1 unspecified atom stereocenters. The highest BCUT2D eigenvalue weighted by molar-refractivity contribution is 5.82. The van der Waals surface area contributed by atoms with Crippen molar-refractivity contribution >= 4 is 5.91 Å². The zero-order valence-electron chi connectivity index (χ0n) is 14.3. The second kappa shape index (κ2) is 8.43. The first-order valence-electron chi connectivity index (χ1n) is 8.13. The Morgan fingerprint density at radius 3 is 2.39 bits per heavy atom. The summed E-state index contributed by atoms with van der Waals surface area (Å²) in [6, 6.07) is 7.65. The fourth-order valence-electron chi connectivity index (χ4n) is 3.34. The molecule has 1 fully saturated rings. The molecule has 1 amide bonds. The second-order valence-electron chi connectivity index (χ2n) is 6.47. The number of rotatable bonds is 7. The molecule has 0 bridgehead atoms. The summed E-state index contributed by atoms with van der Waals surface area (Å²) in [4.78, 5) is 14.5. The molecule has 2 N–H and O–H groups in total. The van der Waals surface area contributed by atoms with Crippen molar-refractivity contribution in [2.24, 2.45) is 17.6 Å². The van der Waals surface area contributed by atoms with Gasteiger partial charge < -0.3 is 20.1 Å². The Balaban J connectivity index is 1.96. The number of amides is 1. The number of nitrogens with two attached hydrogens (primary N) is 1. The van der Waals surface area contributed by atoms with Crippen molar-refractivity contribution in [2.75, 3.05) is 40.5 Å². The minimum Gasteiger partial charge on any atom is -0.384 e. The third-order valence-electron chi connectivity index (χ3n) is 4.50. The molecule has 0 radical (unpaired) electrons. The minimum absolute atomic E-state index is 0.0196. The number of ether oxygens (including phenoxy) is 2. The first kappa shape index (κ1) is 17.9. The molecule has 0 spiro atoms. The van der Waals surface area contributed by atoms with Gasteiger partial charge in [0.1, 0.15) is 0 Å². The topological polar surface area (TPSA) is 64.8 Å². The maximum atomic E-state index is 12.7. The molecule has 3 atom stereocenters. The molecule has 2 rings (SSSR count). The van der Waals surface area contributed by atoms with Gasteiger partial charge in [-0.25, -0.2) is 0 Å². The first-order chi connectivity index (χ1) is 11.0. The quantitative estimate of drug-likeness (QED) is 0.821. The summed E-state index contributed by atoms with van der Waals surface area (Å²) in [7, 11) is 3.38.